The molecule has 0 aromatic heterocycles. The fraction of sp³-hybridized carbons (Fsp3) is 0. The van der Waals surface area contributed by atoms with E-state index in [-0.39, 0.29) is 0 Å². The van der Waals surface area contributed by atoms with E-state index < -0.39 is 5.43 Å². The summed E-state index contributed by atoms with van der Waals surface area (Å²) in [6.07, 6.45) is 0. The molecule has 0 aliphatic heterocycles. The zero-order valence-corrected chi connectivity index (χ0v) is 6.71. The lowest BCUT2D eigenvalue weighted by Gasteiger charge is -1.97. The van der Waals surface area contributed by atoms with Gasteiger partial charge >= 0.3 is 5.43 Å². The van der Waals surface area contributed by atoms with Crippen LogP contribution in [0, 0.1) is 11.3 Å². The first-order valence-electron chi connectivity index (χ1n) is 3.10. The van der Waals surface area contributed by atoms with Gasteiger partial charge in [-0.3, -0.25) is 0 Å². The number of hydrogen-bond acceptors (Lipinski definition) is 3. The minimum absolute atomic E-state index is 0.328. The van der Waals surface area contributed by atoms with Crippen LogP contribution < -0.4 is 4.74 Å². The lowest BCUT2D eigenvalue weighted by molar-refractivity contribution is 0.225. The first-order valence-corrected chi connectivity index (χ1v) is 3.47. The van der Waals surface area contributed by atoms with Crippen molar-refractivity contribution in [3.8, 4) is 11.8 Å². The Bertz CT molecular complexity index is 326. The average molecular weight is 182 g/mol. The topological polar surface area (TPSA) is 50.1 Å². The summed E-state index contributed by atoms with van der Waals surface area (Å²) in [4.78, 5) is 10.2. The fourth-order valence-electron chi connectivity index (χ4n) is 0.690. The van der Waals surface area contributed by atoms with Gasteiger partial charge in [0.15, 0.2) is 0 Å². The van der Waals surface area contributed by atoms with Gasteiger partial charge in [-0.25, -0.2) is 4.79 Å². The minimum Gasteiger partial charge on any atom is -0.415 e. The average Bonchev–Trinajstić information content (AvgIpc) is 2.05. The second-order valence-corrected chi connectivity index (χ2v) is 2.28. The molecular formula is C8H4ClNO2. The van der Waals surface area contributed by atoms with E-state index in [0.29, 0.717) is 11.3 Å². The largest absolute Gasteiger partial charge is 0.415 e. The summed E-state index contributed by atoms with van der Waals surface area (Å²) in [5.41, 5.74) is -0.385. The molecule has 0 atom stereocenters. The van der Waals surface area contributed by atoms with E-state index in [1.54, 1.807) is 0 Å². The molecule has 0 radical (unpaired) electrons. The molecule has 0 aliphatic carbocycles. The summed E-state index contributed by atoms with van der Waals surface area (Å²) in [5.74, 6) is 0.328. The van der Waals surface area contributed by atoms with Crippen LogP contribution in [-0.2, 0) is 0 Å². The Labute approximate surface area is 74.1 Å². The second-order valence-electron chi connectivity index (χ2n) is 1.98. The van der Waals surface area contributed by atoms with E-state index in [1.165, 1.54) is 24.3 Å². The highest BCUT2D eigenvalue weighted by molar-refractivity contribution is 6.61. The Morgan fingerprint density at radius 2 is 2.00 bits per heavy atom. The van der Waals surface area contributed by atoms with E-state index in [0.717, 1.165) is 0 Å². The number of nitriles is 1. The van der Waals surface area contributed by atoms with Gasteiger partial charge < -0.3 is 4.74 Å². The van der Waals surface area contributed by atoms with Gasteiger partial charge in [-0.05, 0) is 24.3 Å². The van der Waals surface area contributed by atoms with Crippen LogP contribution in [0.2, 0.25) is 0 Å². The van der Waals surface area contributed by atoms with Crippen molar-refractivity contribution in [3.05, 3.63) is 29.8 Å². The number of benzene rings is 1. The molecule has 0 unspecified atom stereocenters. The van der Waals surface area contributed by atoms with Crippen LogP contribution >= 0.6 is 11.6 Å². The van der Waals surface area contributed by atoms with E-state index in [9.17, 15) is 4.79 Å². The summed E-state index contributed by atoms with van der Waals surface area (Å²) in [6.45, 7) is 0. The van der Waals surface area contributed by atoms with Gasteiger partial charge in [0.05, 0.1) is 11.6 Å². The zero-order valence-electron chi connectivity index (χ0n) is 5.95. The highest BCUT2D eigenvalue weighted by atomic mass is 35.5. The van der Waals surface area contributed by atoms with Gasteiger partial charge in [-0.1, -0.05) is 0 Å². The maximum Gasteiger partial charge on any atom is 0.409 e. The highest BCUT2D eigenvalue weighted by Crippen LogP contribution is 2.12. The molecular weight excluding hydrogens is 178 g/mol. The van der Waals surface area contributed by atoms with E-state index in [2.05, 4.69) is 4.74 Å². The van der Waals surface area contributed by atoms with Crippen molar-refractivity contribution in [3.63, 3.8) is 0 Å². The highest BCUT2D eigenvalue weighted by Gasteiger charge is 1.98. The Balaban J connectivity index is 2.80. The number of carbonyl (C=O) groups excluding carboxylic acids is 1. The number of rotatable bonds is 1. The van der Waals surface area contributed by atoms with Crippen molar-refractivity contribution in [2.75, 3.05) is 0 Å². The Kier molecular flexibility index (Phi) is 2.67. The molecule has 60 valence electrons. The van der Waals surface area contributed by atoms with Gasteiger partial charge in [-0.2, -0.15) is 5.26 Å². The van der Waals surface area contributed by atoms with Crippen molar-refractivity contribution >= 4 is 17.0 Å². The van der Waals surface area contributed by atoms with Crippen molar-refractivity contribution in [2.24, 2.45) is 0 Å². The number of hydrogen-bond donors (Lipinski definition) is 0. The minimum atomic E-state index is -0.889. The number of nitrogens with zero attached hydrogens (tertiary/aromatic N) is 1. The second kappa shape index (κ2) is 3.74. The lowest BCUT2D eigenvalue weighted by Crippen LogP contribution is -1.95. The van der Waals surface area contributed by atoms with Crippen LogP contribution in [-0.4, -0.2) is 5.43 Å². The Hall–Kier alpha value is -1.53. The molecule has 0 saturated heterocycles. The van der Waals surface area contributed by atoms with Crippen LogP contribution in [0.25, 0.3) is 0 Å². The Morgan fingerprint density at radius 3 is 2.42 bits per heavy atom. The van der Waals surface area contributed by atoms with Gasteiger partial charge in [0.1, 0.15) is 5.75 Å². The van der Waals surface area contributed by atoms with E-state index >= 15 is 0 Å². The maximum atomic E-state index is 10.2. The summed E-state index contributed by atoms with van der Waals surface area (Å²) in [7, 11) is 0. The lowest BCUT2D eigenvalue weighted by atomic mass is 10.2. The molecule has 4 heteroatoms. The summed E-state index contributed by atoms with van der Waals surface area (Å²) in [5, 5.41) is 8.43. The molecule has 0 N–H and O–H groups in total. The molecule has 0 aliphatic rings. The monoisotopic (exact) mass is 181 g/mol. The number of carbonyl (C=O) groups is 1. The van der Waals surface area contributed by atoms with Crippen LogP contribution in [0.5, 0.6) is 5.75 Å². The van der Waals surface area contributed by atoms with Crippen molar-refractivity contribution in [1.29, 1.82) is 5.26 Å². The van der Waals surface area contributed by atoms with Gasteiger partial charge in [0.2, 0.25) is 0 Å². The quantitative estimate of drug-likeness (QED) is 0.625. The normalized spacial score (nSPS) is 8.67. The van der Waals surface area contributed by atoms with Gasteiger partial charge in [0.25, 0.3) is 0 Å². The SMILES string of the molecule is N#Cc1ccc(OC(=O)Cl)cc1. The van der Waals surface area contributed by atoms with Crippen molar-refractivity contribution in [2.45, 2.75) is 0 Å². The molecule has 1 aromatic carbocycles. The molecule has 12 heavy (non-hydrogen) atoms. The number of halogens is 1. The predicted molar refractivity (Wildman–Crippen MR) is 43.0 cm³/mol. The standard InChI is InChI=1S/C8H4ClNO2/c9-8(11)12-7-3-1-6(5-10)2-4-7/h1-4H. The summed E-state index contributed by atoms with van der Waals surface area (Å²) in [6, 6.07) is 8.01. The molecule has 1 aromatic rings. The molecule has 0 bridgehead atoms. The first kappa shape index (κ1) is 8.57. The molecule has 0 spiro atoms. The van der Waals surface area contributed by atoms with E-state index in [4.69, 9.17) is 16.9 Å². The third kappa shape index (κ3) is 2.26. The predicted octanol–water partition coefficient (Wildman–Crippen LogP) is 2.30. The van der Waals surface area contributed by atoms with E-state index in [1.807, 2.05) is 6.07 Å². The maximum absolute atomic E-state index is 10.2. The van der Waals surface area contributed by atoms with Crippen LogP contribution in [0.1, 0.15) is 5.56 Å². The number of ether oxygens (including phenoxy) is 1. The van der Waals surface area contributed by atoms with Crippen molar-refractivity contribution in [1.82, 2.24) is 0 Å². The third-order valence-electron chi connectivity index (χ3n) is 1.18. The summed E-state index contributed by atoms with van der Waals surface area (Å²) < 4.78 is 4.53. The molecule has 0 amide bonds. The molecule has 0 heterocycles. The first-order chi connectivity index (χ1) is 5.72. The van der Waals surface area contributed by atoms with Gasteiger partial charge in [0, 0.05) is 11.6 Å². The zero-order chi connectivity index (χ0) is 8.97. The van der Waals surface area contributed by atoms with Crippen LogP contribution in [0.4, 0.5) is 4.79 Å². The van der Waals surface area contributed by atoms with Crippen LogP contribution in [0.3, 0.4) is 0 Å². The smallest absolute Gasteiger partial charge is 0.409 e. The molecule has 0 saturated carbocycles. The van der Waals surface area contributed by atoms with Crippen molar-refractivity contribution < 1.29 is 9.53 Å². The molecule has 3 nitrogen and oxygen atoms in total. The third-order valence-corrected chi connectivity index (χ3v) is 1.26. The molecule has 0 fully saturated rings. The van der Waals surface area contributed by atoms with Crippen LogP contribution in [0.15, 0.2) is 24.3 Å². The summed E-state index contributed by atoms with van der Waals surface area (Å²) >= 11 is 4.96. The Morgan fingerprint density at radius 1 is 1.42 bits per heavy atom. The molecule has 1 rings (SSSR count). The fourth-order valence-corrected chi connectivity index (χ4v) is 0.779. The van der Waals surface area contributed by atoms with Gasteiger partial charge in [-0.15, -0.1) is 0 Å².